The van der Waals surface area contributed by atoms with Crippen LogP contribution in [0.1, 0.15) is 11.4 Å². The molecule has 2 amide bonds. The highest BCUT2D eigenvalue weighted by Crippen LogP contribution is 2.17. The van der Waals surface area contributed by atoms with Crippen molar-refractivity contribution >= 4 is 28.5 Å². The molecule has 2 N–H and O–H groups in total. The number of anilines is 1. The number of amides is 2. The molecule has 0 radical (unpaired) electrons. The number of methoxy groups -OCH3 is 1. The van der Waals surface area contributed by atoms with E-state index in [1.54, 1.807) is 0 Å². The van der Waals surface area contributed by atoms with Crippen LogP contribution < -0.4 is 10.6 Å². The third kappa shape index (κ3) is 4.71. The first-order valence-corrected chi connectivity index (χ1v) is 8.63. The number of hydrogen-bond acceptors (Lipinski definition) is 4. The van der Waals surface area contributed by atoms with E-state index < -0.39 is 0 Å². The molecule has 7 nitrogen and oxygen atoms in total. The molecule has 2 aromatic carbocycles. The molecular weight excluding hydrogens is 344 g/mol. The highest BCUT2D eigenvalue weighted by Gasteiger charge is 2.14. The summed E-state index contributed by atoms with van der Waals surface area (Å²) in [5, 5.41) is 5.66. The van der Waals surface area contributed by atoms with Crippen LogP contribution in [0.3, 0.4) is 0 Å². The molecule has 0 bridgehead atoms. The number of rotatable bonds is 7. The van der Waals surface area contributed by atoms with Crippen LogP contribution in [-0.4, -0.2) is 35.1 Å². The van der Waals surface area contributed by atoms with Gasteiger partial charge >= 0.3 is 0 Å². The Balaban J connectivity index is 1.80. The predicted molar refractivity (Wildman–Crippen MR) is 103 cm³/mol. The standard InChI is InChI=1S/C20H22N4O3/c1-14-6-5-7-15(10-14)22-19(25)12-24-17-9-4-3-8-16(17)23-18(24)11-21-20(26)13-27-2/h3-10H,11-13H2,1-2H3,(H,21,26)(H,22,25). The van der Waals surface area contributed by atoms with Gasteiger partial charge in [-0.25, -0.2) is 4.98 Å². The van der Waals surface area contributed by atoms with Gasteiger partial charge in [0.15, 0.2) is 0 Å². The average molecular weight is 366 g/mol. The average Bonchev–Trinajstić information content (AvgIpc) is 2.98. The van der Waals surface area contributed by atoms with Crippen LogP contribution in [0.2, 0.25) is 0 Å². The smallest absolute Gasteiger partial charge is 0.246 e. The Morgan fingerprint density at radius 3 is 2.70 bits per heavy atom. The van der Waals surface area contributed by atoms with E-state index in [4.69, 9.17) is 4.74 Å². The molecule has 3 rings (SSSR count). The number of para-hydroxylation sites is 2. The first kappa shape index (κ1) is 18.6. The molecule has 0 aliphatic carbocycles. The zero-order valence-electron chi connectivity index (χ0n) is 15.4. The van der Waals surface area contributed by atoms with E-state index in [0.29, 0.717) is 5.82 Å². The van der Waals surface area contributed by atoms with Gasteiger partial charge in [-0.3, -0.25) is 9.59 Å². The van der Waals surface area contributed by atoms with Crippen LogP contribution in [-0.2, 0) is 27.4 Å². The van der Waals surface area contributed by atoms with E-state index in [0.717, 1.165) is 22.3 Å². The summed E-state index contributed by atoms with van der Waals surface area (Å²) in [5.74, 6) is 0.216. The van der Waals surface area contributed by atoms with Crippen molar-refractivity contribution in [2.24, 2.45) is 0 Å². The van der Waals surface area contributed by atoms with Gasteiger partial charge in [0.2, 0.25) is 11.8 Å². The molecule has 0 unspecified atom stereocenters. The highest BCUT2D eigenvalue weighted by molar-refractivity contribution is 5.91. The lowest BCUT2D eigenvalue weighted by atomic mass is 10.2. The molecule has 0 fully saturated rings. The molecular formula is C20H22N4O3. The van der Waals surface area contributed by atoms with Gasteiger partial charge in [0.25, 0.3) is 0 Å². The molecule has 1 heterocycles. The summed E-state index contributed by atoms with van der Waals surface area (Å²) in [6.45, 7) is 2.27. The summed E-state index contributed by atoms with van der Waals surface area (Å²) in [6, 6.07) is 15.2. The number of nitrogens with zero attached hydrogens (tertiary/aromatic N) is 2. The summed E-state index contributed by atoms with van der Waals surface area (Å²) in [7, 11) is 1.46. The van der Waals surface area contributed by atoms with Crippen molar-refractivity contribution in [2.75, 3.05) is 19.0 Å². The molecule has 3 aromatic rings. The van der Waals surface area contributed by atoms with E-state index in [2.05, 4.69) is 15.6 Å². The number of carbonyl (C=O) groups excluding carboxylic acids is 2. The largest absolute Gasteiger partial charge is 0.375 e. The lowest BCUT2D eigenvalue weighted by Gasteiger charge is -2.11. The fourth-order valence-electron chi connectivity index (χ4n) is 2.86. The van der Waals surface area contributed by atoms with Crippen LogP contribution in [0.25, 0.3) is 11.0 Å². The van der Waals surface area contributed by atoms with Crippen molar-refractivity contribution in [2.45, 2.75) is 20.0 Å². The van der Waals surface area contributed by atoms with Gasteiger partial charge in [0, 0.05) is 12.8 Å². The topological polar surface area (TPSA) is 85.2 Å². The lowest BCUT2D eigenvalue weighted by Crippen LogP contribution is -2.29. The van der Waals surface area contributed by atoms with Gasteiger partial charge in [-0.15, -0.1) is 0 Å². The number of benzene rings is 2. The fourth-order valence-corrected chi connectivity index (χ4v) is 2.86. The van der Waals surface area contributed by atoms with Gasteiger partial charge in [-0.2, -0.15) is 0 Å². The minimum Gasteiger partial charge on any atom is -0.375 e. The van der Waals surface area contributed by atoms with Crippen LogP contribution in [0.5, 0.6) is 0 Å². The Bertz CT molecular complexity index is 965. The normalized spacial score (nSPS) is 10.7. The van der Waals surface area contributed by atoms with Crippen molar-refractivity contribution < 1.29 is 14.3 Å². The molecule has 0 aliphatic rings. The first-order valence-electron chi connectivity index (χ1n) is 8.63. The molecule has 0 atom stereocenters. The van der Waals surface area contributed by atoms with Crippen LogP contribution in [0, 0.1) is 6.92 Å². The Kier molecular flexibility index (Phi) is 5.83. The molecule has 0 spiro atoms. The Hall–Kier alpha value is -3.19. The number of aryl methyl sites for hydroxylation is 1. The summed E-state index contributed by atoms with van der Waals surface area (Å²) in [4.78, 5) is 28.8. The van der Waals surface area contributed by atoms with Gasteiger partial charge in [0.1, 0.15) is 19.0 Å². The highest BCUT2D eigenvalue weighted by atomic mass is 16.5. The third-order valence-corrected chi connectivity index (χ3v) is 4.06. The maximum absolute atomic E-state index is 12.6. The van der Waals surface area contributed by atoms with Crippen LogP contribution in [0.15, 0.2) is 48.5 Å². The van der Waals surface area contributed by atoms with Crippen molar-refractivity contribution in [3.63, 3.8) is 0 Å². The SMILES string of the molecule is COCC(=O)NCc1nc2ccccc2n1CC(=O)Nc1cccc(C)c1. The third-order valence-electron chi connectivity index (χ3n) is 4.06. The maximum Gasteiger partial charge on any atom is 0.246 e. The number of hydrogen-bond donors (Lipinski definition) is 2. The molecule has 0 saturated carbocycles. The quantitative estimate of drug-likeness (QED) is 0.672. The molecule has 7 heteroatoms. The summed E-state index contributed by atoms with van der Waals surface area (Å²) in [5.41, 5.74) is 3.44. The molecule has 140 valence electrons. The summed E-state index contributed by atoms with van der Waals surface area (Å²) < 4.78 is 6.63. The second-order valence-electron chi connectivity index (χ2n) is 6.23. The lowest BCUT2D eigenvalue weighted by molar-refractivity contribution is -0.124. The summed E-state index contributed by atoms with van der Waals surface area (Å²) >= 11 is 0. The maximum atomic E-state index is 12.6. The van der Waals surface area contributed by atoms with Gasteiger partial charge < -0.3 is 19.9 Å². The first-order chi connectivity index (χ1) is 13.1. The van der Waals surface area contributed by atoms with Crippen molar-refractivity contribution in [3.8, 4) is 0 Å². The van der Waals surface area contributed by atoms with E-state index in [1.807, 2.05) is 60.0 Å². The van der Waals surface area contributed by atoms with Crippen molar-refractivity contribution in [1.29, 1.82) is 0 Å². The molecule has 27 heavy (non-hydrogen) atoms. The Morgan fingerprint density at radius 2 is 1.93 bits per heavy atom. The van der Waals surface area contributed by atoms with E-state index in [1.165, 1.54) is 7.11 Å². The van der Waals surface area contributed by atoms with Crippen LogP contribution >= 0.6 is 0 Å². The summed E-state index contributed by atoms with van der Waals surface area (Å²) in [6.07, 6.45) is 0. The Labute approximate surface area is 157 Å². The minimum absolute atomic E-state index is 0.0198. The van der Waals surface area contributed by atoms with Gasteiger partial charge in [-0.05, 0) is 36.8 Å². The van der Waals surface area contributed by atoms with E-state index >= 15 is 0 Å². The van der Waals surface area contributed by atoms with Crippen LogP contribution in [0.4, 0.5) is 5.69 Å². The zero-order chi connectivity index (χ0) is 19.2. The monoisotopic (exact) mass is 366 g/mol. The second-order valence-corrected chi connectivity index (χ2v) is 6.23. The number of nitrogens with one attached hydrogen (secondary N) is 2. The van der Waals surface area contributed by atoms with Crippen molar-refractivity contribution in [3.05, 3.63) is 59.9 Å². The van der Waals surface area contributed by atoms with Crippen molar-refractivity contribution in [1.82, 2.24) is 14.9 Å². The number of aromatic nitrogens is 2. The number of ether oxygens (including phenoxy) is 1. The van der Waals surface area contributed by atoms with E-state index in [9.17, 15) is 9.59 Å². The molecule has 0 aliphatic heterocycles. The number of imidazole rings is 1. The Morgan fingerprint density at radius 1 is 1.11 bits per heavy atom. The molecule has 1 aromatic heterocycles. The van der Waals surface area contributed by atoms with Gasteiger partial charge in [0.05, 0.1) is 17.6 Å². The predicted octanol–water partition coefficient (Wildman–Crippen LogP) is 2.25. The fraction of sp³-hybridized carbons (Fsp3) is 0.250. The zero-order valence-corrected chi connectivity index (χ0v) is 15.4. The molecule has 0 saturated heterocycles. The number of carbonyl (C=O) groups is 2. The second kappa shape index (κ2) is 8.46. The number of fused-ring (bicyclic) bond motifs is 1. The van der Waals surface area contributed by atoms with Gasteiger partial charge in [-0.1, -0.05) is 24.3 Å². The minimum atomic E-state index is -0.236. The van der Waals surface area contributed by atoms with E-state index in [-0.39, 0.29) is 31.5 Å².